The number of aliphatic hydroxyl groups is 10. The van der Waals surface area contributed by atoms with E-state index in [2.05, 4.69) is 0 Å². The third-order valence-electron chi connectivity index (χ3n) is 3.28. The van der Waals surface area contributed by atoms with Crippen molar-refractivity contribution in [2.75, 3.05) is 6.61 Å². The standard InChI is InChI=1S/C6H12O7.C6H10O7.C3H6O3.H3N/c2*7-1-2(8)3(9)4(10)5(11)6(12)13;1-2(4)3(5)6;/h2-5,7-11H,1H2,(H,12,13);1-5,8-11H,(H,12,13);2,4H,1H3,(H,5,6);1H3/t2-,3-,4+,5-;2-,3+,4-,5-;;/m10../s1. The number of aliphatic carboxylic acids is 3. The van der Waals surface area contributed by atoms with Crippen LogP contribution in [0.15, 0.2) is 0 Å². The molecule has 0 heterocycles. The third kappa shape index (κ3) is 16.0. The molecule has 33 heavy (non-hydrogen) atoms. The first-order valence-corrected chi connectivity index (χ1v) is 8.34. The molecule has 9 atom stereocenters. The summed E-state index contributed by atoms with van der Waals surface area (Å²) in [6.45, 7) is 0.354. The highest BCUT2D eigenvalue weighted by Gasteiger charge is 2.34. The Bertz CT molecular complexity index is 573. The number of hydrogen-bond acceptors (Lipinski definition) is 15. The molecular weight excluding hydrogens is 466 g/mol. The van der Waals surface area contributed by atoms with E-state index in [-0.39, 0.29) is 12.4 Å². The lowest BCUT2D eigenvalue weighted by molar-refractivity contribution is -0.164. The Morgan fingerprint density at radius 3 is 1.18 bits per heavy atom. The predicted octanol–water partition coefficient (Wildman–Crippen LogP) is -7.17. The number of carbonyl (C=O) groups excluding carboxylic acids is 1. The zero-order chi connectivity index (χ0) is 26.3. The third-order valence-corrected chi connectivity index (χ3v) is 3.28. The van der Waals surface area contributed by atoms with E-state index in [1.54, 1.807) is 0 Å². The van der Waals surface area contributed by atoms with Crippen LogP contribution in [-0.2, 0) is 19.2 Å². The average molecular weight is 497 g/mol. The summed E-state index contributed by atoms with van der Waals surface area (Å²) in [5.74, 6) is -4.67. The molecule has 0 aliphatic rings. The molecular formula is C15H31NO17. The summed E-state index contributed by atoms with van der Waals surface area (Å²) in [5, 5.41) is 111. The summed E-state index contributed by atoms with van der Waals surface area (Å²) in [4.78, 5) is 39.5. The van der Waals surface area contributed by atoms with Gasteiger partial charge in [-0.05, 0) is 6.92 Å². The zero-order valence-electron chi connectivity index (χ0n) is 17.1. The summed E-state index contributed by atoms with van der Waals surface area (Å²) in [7, 11) is 0. The van der Waals surface area contributed by atoms with Crippen LogP contribution >= 0.6 is 0 Å². The van der Waals surface area contributed by atoms with Crippen LogP contribution < -0.4 is 6.15 Å². The number of carboxylic acids is 3. The number of carboxylic acid groups (broad SMARTS) is 3. The van der Waals surface area contributed by atoms with E-state index in [9.17, 15) is 19.2 Å². The van der Waals surface area contributed by atoms with Gasteiger partial charge in [0.15, 0.2) is 18.5 Å². The lowest BCUT2D eigenvalue weighted by Gasteiger charge is -2.23. The fourth-order valence-corrected chi connectivity index (χ4v) is 1.28. The highest BCUT2D eigenvalue weighted by molar-refractivity contribution is 5.73. The second-order valence-electron chi connectivity index (χ2n) is 5.92. The van der Waals surface area contributed by atoms with Crippen molar-refractivity contribution in [2.45, 2.75) is 61.9 Å². The largest absolute Gasteiger partial charge is 0.479 e. The fraction of sp³-hybridized carbons (Fsp3) is 0.733. The molecule has 0 aromatic carbocycles. The van der Waals surface area contributed by atoms with Gasteiger partial charge in [0.05, 0.1) is 6.61 Å². The van der Waals surface area contributed by atoms with Crippen molar-refractivity contribution in [1.82, 2.24) is 6.15 Å². The molecule has 0 saturated carbocycles. The molecule has 198 valence electrons. The van der Waals surface area contributed by atoms with Gasteiger partial charge in [-0.15, -0.1) is 0 Å². The molecule has 16 N–H and O–H groups in total. The first-order chi connectivity index (χ1) is 14.5. The van der Waals surface area contributed by atoms with Gasteiger partial charge in [0.25, 0.3) is 0 Å². The SMILES string of the molecule is CC(O)C(=O)O.N.O=C(O)[C@H](O)[C@@H](O)[C@H](O)[C@H](O)CO.O=C[C@H](O)[C@@H](O)[C@H](O)[C@H](O)C(=O)O. The number of hydrogen-bond donors (Lipinski definition) is 14. The van der Waals surface area contributed by atoms with Gasteiger partial charge in [-0.25, -0.2) is 14.4 Å². The van der Waals surface area contributed by atoms with Gasteiger partial charge in [-0.3, -0.25) is 0 Å². The maximum atomic E-state index is 10.1. The van der Waals surface area contributed by atoms with Crippen LogP contribution in [0.2, 0.25) is 0 Å². The van der Waals surface area contributed by atoms with Crippen LogP contribution in [0.4, 0.5) is 0 Å². The van der Waals surface area contributed by atoms with E-state index in [1.165, 1.54) is 6.92 Å². The fourth-order valence-electron chi connectivity index (χ4n) is 1.28. The summed E-state index contributed by atoms with van der Waals surface area (Å²) in [6, 6.07) is 0. The second-order valence-corrected chi connectivity index (χ2v) is 5.92. The van der Waals surface area contributed by atoms with Gasteiger partial charge in [0.1, 0.15) is 42.7 Å². The first-order valence-electron chi connectivity index (χ1n) is 8.34. The smallest absolute Gasteiger partial charge is 0.335 e. The number of carbonyl (C=O) groups is 4. The maximum Gasteiger partial charge on any atom is 0.335 e. The number of rotatable bonds is 11. The quantitative estimate of drug-likeness (QED) is 0.118. The van der Waals surface area contributed by atoms with E-state index in [0.29, 0.717) is 0 Å². The molecule has 0 amide bonds. The van der Waals surface area contributed by atoms with Crippen LogP contribution in [-0.4, -0.2) is 152 Å². The minimum Gasteiger partial charge on any atom is -0.479 e. The molecule has 0 aromatic heterocycles. The zero-order valence-corrected chi connectivity index (χ0v) is 17.1. The van der Waals surface area contributed by atoms with Crippen LogP contribution in [0, 0.1) is 0 Å². The number of aldehydes is 1. The Morgan fingerprint density at radius 2 is 0.970 bits per heavy atom. The molecule has 0 aliphatic heterocycles. The van der Waals surface area contributed by atoms with Gasteiger partial charge in [-0.1, -0.05) is 0 Å². The van der Waals surface area contributed by atoms with Crippen molar-refractivity contribution in [3.8, 4) is 0 Å². The Hall–Kier alpha value is -2.36. The Labute approximate surface area is 185 Å². The van der Waals surface area contributed by atoms with Gasteiger partial charge < -0.3 is 77.3 Å². The van der Waals surface area contributed by atoms with E-state index >= 15 is 0 Å². The van der Waals surface area contributed by atoms with Crippen LogP contribution in [0.1, 0.15) is 6.92 Å². The molecule has 0 bridgehead atoms. The molecule has 0 spiro atoms. The lowest BCUT2D eigenvalue weighted by Crippen LogP contribution is -2.48. The summed E-state index contributed by atoms with van der Waals surface area (Å²) in [5.41, 5.74) is 0. The van der Waals surface area contributed by atoms with Crippen molar-refractivity contribution >= 4 is 24.2 Å². The van der Waals surface area contributed by atoms with E-state index < -0.39 is 79.5 Å². The Balaban J connectivity index is -0.000000201. The minimum absolute atomic E-state index is 0. The van der Waals surface area contributed by atoms with E-state index in [0.717, 1.165) is 0 Å². The molecule has 0 aliphatic carbocycles. The topological polar surface area (TPSA) is 366 Å². The maximum absolute atomic E-state index is 10.1. The van der Waals surface area contributed by atoms with Crippen LogP contribution in [0.3, 0.4) is 0 Å². The van der Waals surface area contributed by atoms with Crippen LogP contribution in [0.5, 0.6) is 0 Å². The molecule has 18 heteroatoms. The van der Waals surface area contributed by atoms with Crippen molar-refractivity contribution in [3.63, 3.8) is 0 Å². The van der Waals surface area contributed by atoms with Crippen molar-refractivity contribution in [3.05, 3.63) is 0 Å². The number of aliphatic hydroxyl groups excluding tert-OH is 10. The van der Waals surface area contributed by atoms with Crippen LogP contribution in [0.25, 0.3) is 0 Å². The lowest BCUT2D eigenvalue weighted by atomic mass is 10.0. The summed E-state index contributed by atoms with van der Waals surface area (Å²) >= 11 is 0. The van der Waals surface area contributed by atoms with E-state index in [1.807, 2.05) is 0 Å². The molecule has 18 nitrogen and oxygen atoms in total. The van der Waals surface area contributed by atoms with Gasteiger partial charge in [0, 0.05) is 0 Å². The first kappa shape index (κ1) is 37.9. The Morgan fingerprint density at radius 1 is 0.667 bits per heavy atom. The van der Waals surface area contributed by atoms with Crippen molar-refractivity contribution in [2.24, 2.45) is 0 Å². The summed E-state index contributed by atoms with van der Waals surface area (Å²) < 4.78 is 0. The van der Waals surface area contributed by atoms with Gasteiger partial charge >= 0.3 is 17.9 Å². The molecule has 0 aromatic rings. The highest BCUT2D eigenvalue weighted by Crippen LogP contribution is 2.05. The molecule has 0 fully saturated rings. The molecule has 1 unspecified atom stereocenters. The van der Waals surface area contributed by atoms with Gasteiger partial charge in [-0.2, -0.15) is 0 Å². The summed E-state index contributed by atoms with van der Waals surface area (Å²) in [6.07, 6.45) is -17.5. The molecule has 0 saturated heterocycles. The molecule has 0 radical (unpaired) electrons. The highest BCUT2D eigenvalue weighted by atomic mass is 16.4. The van der Waals surface area contributed by atoms with Gasteiger partial charge in [0.2, 0.25) is 0 Å². The second kappa shape index (κ2) is 19.1. The normalized spacial score (nSPS) is 18.4. The van der Waals surface area contributed by atoms with Crippen molar-refractivity contribution in [1.29, 1.82) is 0 Å². The molecule has 0 rings (SSSR count). The Kier molecular flexibility index (Phi) is 22.0. The monoisotopic (exact) mass is 497 g/mol. The predicted molar refractivity (Wildman–Crippen MR) is 101 cm³/mol. The van der Waals surface area contributed by atoms with E-state index in [4.69, 9.17) is 66.4 Å². The minimum atomic E-state index is -2.25. The van der Waals surface area contributed by atoms with Crippen molar-refractivity contribution < 1.29 is 85.6 Å². The average Bonchev–Trinajstić information content (AvgIpc) is 2.75.